The Morgan fingerprint density at radius 3 is 2.53 bits per heavy atom. The molecule has 3 rings (SSSR count). The van der Waals surface area contributed by atoms with Gasteiger partial charge >= 0.3 is 5.97 Å². The number of rotatable bonds is 6. The van der Waals surface area contributed by atoms with E-state index in [1.807, 2.05) is 24.3 Å². The van der Waals surface area contributed by atoms with Gasteiger partial charge < -0.3 is 30.3 Å². The number of carbonyl (C=O) groups excluding carboxylic acids is 2. The number of phenols is 1. The van der Waals surface area contributed by atoms with Crippen molar-refractivity contribution in [2.75, 3.05) is 19.5 Å². The Kier molecular flexibility index (Phi) is 6.27. The van der Waals surface area contributed by atoms with E-state index in [0.29, 0.717) is 6.42 Å². The zero-order chi connectivity index (χ0) is 21.8. The van der Waals surface area contributed by atoms with Gasteiger partial charge in [-0.3, -0.25) is 9.59 Å². The summed E-state index contributed by atoms with van der Waals surface area (Å²) in [7, 11) is 1.38. The molecule has 0 spiro atoms. The van der Waals surface area contributed by atoms with Crippen LogP contribution < -0.4 is 10.5 Å². The summed E-state index contributed by atoms with van der Waals surface area (Å²) in [4.78, 5) is 25.5. The lowest BCUT2D eigenvalue weighted by Gasteiger charge is -2.22. The molecule has 0 radical (unpaired) electrons. The van der Waals surface area contributed by atoms with Gasteiger partial charge in [0.1, 0.15) is 6.61 Å². The molecule has 1 aliphatic rings. The lowest BCUT2D eigenvalue weighted by Crippen LogP contribution is -2.35. The molecule has 8 nitrogen and oxygen atoms in total. The van der Waals surface area contributed by atoms with Crippen molar-refractivity contribution in [1.82, 2.24) is 4.90 Å². The van der Waals surface area contributed by atoms with E-state index < -0.39 is 11.9 Å². The van der Waals surface area contributed by atoms with Crippen molar-refractivity contribution in [2.45, 2.75) is 26.0 Å². The fraction of sp³-hybridized carbons (Fsp3) is 0.273. The largest absolute Gasteiger partial charge is 0.504 e. The van der Waals surface area contributed by atoms with Crippen LogP contribution in [0.2, 0.25) is 0 Å². The molecule has 8 heteroatoms. The number of hydrogen-bond acceptors (Lipinski definition) is 7. The van der Waals surface area contributed by atoms with E-state index in [2.05, 4.69) is 0 Å². The molecule has 0 fully saturated rings. The molecular weight excluding hydrogens is 388 g/mol. The van der Waals surface area contributed by atoms with Crippen molar-refractivity contribution >= 4 is 23.1 Å². The molecular formula is C22H24N2O6. The van der Waals surface area contributed by atoms with Crippen molar-refractivity contribution in [1.29, 1.82) is 0 Å². The van der Waals surface area contributed by atoms with Crippen LogP contribution in [0, 0.1) is 0 Å². The van der Waals surface area contributed by atoms with Crippen molar-refractivity contribution in [3.05, 3.63) is 59.3 Å². The van der Waals surface area contributed by atoms with Gasteiger partial charge in [0.05, 0.1) is 25.3 Å². The number of benzene rings is 2. The van der Waals surface area contributed by atoms with Gasteiger partial charge in [-0.1, -0.05) is 24.3 Å². The zero-order valence-corrected chi connectivity index (χ0v) is 16.8. The number of ether oxygens (including phenoxy) is 2. The highest BCUT2D eigenvalue weighted by Gasteiger charge is 2.31. The molecule has 1 aliphatic heterocycles. The average molecular weight is 412 g/mol. The molecule has 0 saturated carbocycles. The highest BCUT2D eigenvalue weighted by molar-refractivity contribution is 6.01. The Labute approximate surface area is 174 Å². The first-order chi connectivity index (χ1) is 14.3. The van der Waals surface area contributed by atoms with Crippen LogP contribution in [0.25, 0.3) is 5.57 Å². The van der Waals surface area contributed by atoms with E-state index in [1.54, 1.807) is 6.20 Å². The predicted octanol–water partition coefficient (Wildman–Crippen LogP) is 2.29. The van der Waals surface area contributed by atoms with Crippen molar-refractivity contribution in [3.8, 4) is 11.5 Å². The van der Waals surface area contributed by atoms with Crippen molar-refractivity contribution in [2.24, 2.45) is 0 Å². The number of phenolic OH excluding ortho intramolecular Hbond substituents is 1. The second-order valence-electron chi connectivity index (χ2n) is 7.00. The molecule has 158 valence electrons. The topological polar surface area (TPSA) is 122 Å². The number of aliphatic hydroxyl groups excluding tert-OH is 1. The first-order valence-corrected chi connectivity index (χ1v) is 9.37. The van der Waals surface area contributed by atoms with Crippen LogP contribution in [0.5, 0.6) is 11.5 Å². The van der Waals surface area contributed by atoms with E-state index in [0.717, 1.165) is 16.7 Å². The smallest absolute Gasteiger partial charge is 0.302 e. The summed E-state index contributed by atoms with van der Waals surface area (Å²) in [5, 5.41) is 19.6. The monoisotopic (exact) mass is 412 g/mol. The van der Waals surface area contributed by atoms with E-state index in [9.17, 15) is 19.8 Å². The summed E-state index contributed by atoms with van der Waals surface area (Å²) in [6.45, 7) is 1.33. The number of nitrogens with zero attached hydrogens (tertiary/aromatic N) is 1. The molecule has 30 heavy (non-hydrogen) atoms. The summed E-state index contributed by atoms with van der Waals surface area (Å²) in [6.07, 6.45) is 2.17. The number of methoxy groups -OCH3 is 1. The fourth-order valence-electron chi connectivity index (χ4n) is 3.32. The van der Waals surface area contributed by atoms with E-state index in [1.165, 1.54) is 31.1 Å². The Morgan fingerprint density at radius 1 is 1.23 bits per heavy atom. The third kappa shape index (κ3) is 4.38. The van der Waals surface area contributed by atoms with Crippen LogP contribution >= 0.6 is 0 Å². The van der Waals surface area contributed by atoms with Crippen molar-refractivity contribution < 1.29 is 29.3 Å². The molecule has 2 aromatic carbocycles. The van der Waals surface area contributed by atoms with Gasteiger partial charge in [0.25, 0.3) is 5.91 Å². The third-order valence-corrected chi connectivity index (χ3v) is 4.94. The summed E-state index contributed by atoms with van der Waals surface area (Å²) in [6, 6.07) is 9.67. The van der Waals surface area contributed by atoms with Gasteiger partial charge in [-0.25, -0.2) is 0 Å². The number of carbonyl (C=O) groups is 2. The average Bonchev–Trinajstić information content (AvgIpc) is 3.17. The molecule has 0 bridgehead atoms. The van der Waals surface area contributed by atoms with Crippen LogP contribution in [0.3, 0.4) is 0 Å². The van der Waals surface area contributed by atoms with E-state index in [4.69, 9.17) is 15.2 Å². The maximum absolute atomic E-state index is 13.1. The minimum atomic E-state index is -0.438. The Bertz CT molecular complexity index is 984. The Hall–Kier alpha value is -3.52. The number of esters is 1. The lowest BCUT2D eigenvalue weighted by atomic mass is 10.0. The molecule has 1 heterocycles. The maximum Gasteiger partial charge on any atom is 0.302 e. The van der Waals surface area contributed by atoms with Crippen LogP contribution in [-0.2, 0) is 16.1 Å². The van der Waals surface area contributed by atoms with E-state index in [-0.39, 0.29) is 41.9 Å². The molecule has 0 aliphatic carbocycles. The summed E-state index contributed by atoms with van der Waals surface area (Å²) >= 11 is 0. The normalized spacial score (nSPS) is 15.6. The van der Waals surface area contributed by atoms with Gasteiger partial charge in [0.15, 0.2) is 11.5 Å². The number of nitrogens with two attached hydrogens (primary N) is 1. The molecule has 4 N–H and O–H groups in total. The molecule has 1 amide bonds. The van der Waals surface area contributed by atoms with E-state index >= 15 is 0 Å². The van der Waals surface area contributed by atoms with Crippen LogP contribution in [0.15, 0.2) is 42.6 Å². The molecule has 1 atom stereocenters. The summed E-state index contributed by atoms with van der Waals surface area (Å²) in [5.74, 6) is -0.759. The molecule has 0 aromatic heterocycles. The summed E-state index contributed by atoms with van der Waals surface area (Å²) in [5.41, 5.74) is 8.85. The first kappa shape index (κ1) is 21.2. The third-order valence-electron chi connectivity index (χ3n) is 4.94. The Balaban J connectivity index is 1.85. The van der Waals surface area contributed by atoms with Gasteiger partial charge in [-0.05, 0) is 29.2 Å². The van der Waals surface area contributed by atoms with Crippen LogP contribution in [0.1, 0.15) is 34.8 Å². The second-order valence-corrected chi connectivity index (χ2v) is 7.00. The van der Waals surface area contributed by atoms with Crippen LogP contribution in [-0.4, -0.2) is 46.7 Å². The maximum atomic E-state index is 13.1. The number of anilines is 1. The number of amides is 1. The quantitative estimate of drug-likeness (QED) is 0.491. The van der Waals surface area contributed by atoms with Crippen LogP contribution in [0.4, 0.5) is 5.69 Å². The number of aliphatic hydroxyl groups is 1. The highest BCUT2D eigenvalue weighted by atomic mass is 16.5. The molecule has 1 unspecified atom stereocenters. The molecule has 0 saturated heterocycles. The van der Waals surface area contributed by atoms with Gasteiger partial charge in [-0.2, -0.15) is 0 Å². The molecule has 2 aromatic rings. The SMILES string of the molecule is COc1cc(C(=O)N2C=C(c3ccc(COC(C)=O)cc3)CC2CO)c(N)cc1O. The summed E-state index contributed by atoms with van der Waals surface area (Å²) < 4.78 is 10.1. The van der Waals surface area contributed by atoms with Gasteiger partial charge in [-0.15, -0.1) is 0 Å². The van der Waals surface area contributed by atoms with Gasteiger partial charge in [0, 0.05) is 24.9 Å². The lowest BCUT2D eigenvalue weighted by molar-refractivity contribution is -0.142. The Morgan fingerprint density at radius 2 is 1.93 bits per heavy atom. The van der Waals surface area contributed by atoms with Crippen molar-refractivity contribution in [3.63, 3.8) is 0 Å². The number of nitrogen functional groups attached to an aromatic ring is 1. The highest BCUT2D eigenvalue weighted by Crippen LogP contribution is 2.35. The minimum Gasteiger partial charge on any atom is -0.504 e. The van der Waals surface area contributed by atoms with Gasteiger partial charge in [0.2, 0.25) is 0 Å². The second kappa shape index (κ2) is 8.87. The number of aromatic hydroxyl groups is 1. The zero-order valence-electron chi connectivity index (χ0n) is 16.8. The number of hydrogen-bond donors (Lipinski definition) is 3. The fourth-order valence-corrected chi connectivity index (χ4v) is 3.32. The standard InChI is InChI=1S/C22H24N2O6/c1-13(26)30-12-14-3-5-15(6-4-14)16-7-17(11-25)24(10-16)22(28)18-8-21(29-2)20(27)9-19(18)23/h3-6,8-10,17,25,27H,7,11-12,23H2,1-2H3. The first-order valence-electron chi connectivity index (χ1n) is 9.37. The minimum absolute atomic E-state index is 0.117. The predicted molar refractivity (Wildman–Crippen MR) is 111 cm³/mol.